The second kappa shape index (κ2) is 6.54. The number of aromatic nitrogens is 1. The molecule has 0 saturated carbocycles. The van der Waals surface area contributed by atoms with Crippen LogP contribution in [0.5, 0.6) is 0 Å². The molecule has 6 heteroatoms. The molecule has 1 fully saturated rings. The molecule has 116 valence electrons. The van der Waals surface area contributed by atoms with Gasteiger partial charge in [0.25, 0.3) is 5.91 Å². The van der Waals surface area contributed by atoms with Crippen LogP contribution in [0.15, 0.2) is 24.4 Å². The summed E-state index contributed by atoms with van der Waals surface area (Å²) in [7, 11) is 0. The third-order valence-electron chi connectivity index (χ3n) is 3.85. The van der Waals surface area contributed by atoms with E-state index in [0.29, 0.717) is 11.0 Å². The minimum atomic E-state index is -0.507. The van der Waals surface area contributed by atoms with Crippen LogP contribution in [0.3, 0.4) is 0 Å². The maximum atomic E-state index is 13.8. The summed E-state index contributed by atoms with van der Waals surface area (Å²) in [5.74, 6) is -0.461. The summed E-state index contributed by atoms with van der Waals surface area (Å²) in [6, 6.07) is 4.58. The van der Waals surface area contributed by atoms with Gasteiger partial charge in [0.1, 0.15) is 5.82 Å². The van der Waals surface area contributed by atoms with Crippen molar-refractivity contribution in [2.24, 2.45) is 0 Å². The van der Waals surface area contributed by atoms with Crippen LogP contribution >= 0.6 is 11.3 Å². The average molecular weight is 319 g/mol. The fourth-order valence-electron chi connectivity index (χ4n) is 2.61. The number of rotatable bonds is 3. The van der Waals surface area contributed by atoms with Crippen molar-refractivity contribution in [1.29, 1.82) is 0 Å². The first-order valence-electron chi connectivity index (χ1n) is 7.37. The van der Waals surface area contributed by atoms with E-state index >= 15 is 0 Å². The molecule has 1 aliphatic rings. The number of anilines is 1. The molecule has 0 bridgehead atoms. The molecule has 4 nitrogen and oxygen atoms in total. The molecule has 1 amide bonds. The van der Waals surface area contributed by atoms with E-state index in [9.17, 15) is 9.18 Å². The zero-order chi connectivity index (χ0) is 15.5. The predicted octanol–water partition coefficient (Wildman–Crippen LogP) is 3.31. The number of nitrogens with zero attached hydrogens (tertiary/aromatic N) is 1. The lowest BCUT2D eigenvalue weighted by Crippen LogP contribution is -2.26. The molecule has 0 aliphatic carbocycles. The van der Waals surface area contributed by atoms with E-state index in [1.807, 2.05) is 6.20 Å². The summed E-state index contributed by atoms with van der Waals surface area (Å²) in [6.07, 6.45) is 3.99. The fraction of sp³-hybridized carbons (Fsp3) is 0.375. The number of hydrogen-bond donors (Lipinski definition) is 2. The zero-order valence-corrected chi connectivity index (χ0v) is 13.2. The van der Waals surface area contributed by atoms with E-state index in [0.717, 1.165) is 31.5 Å². The van der Waals surface area contributed by atoms with Gasteiger partial charge in [-0.2, -0.15) is 0 Å². The summed E-state index contributed by atoms with van der Waals surface area (Å²) in [4.78, 5) is 17.6. The molecule has 1 aromatic heterocycles. The van der Waals surface area contributed by atoms with Crippen LogP contribution in [0.1, 0.15) is 39.6 Å². The molecule has 1 aromatic carbocycles. The summed E-state index contributed by atoms with van der Waals surface area (Å²) in [5.41, 5.74) is 0.834. The number of carbonyl (C=O) groups excluding carboxylic acids is 1. The molecule has 2 aromatic rings. The Balaban J connectivity index is 1.70. The normalized spacial score (nSPS) is 15.7. The third kappa shape index (κ3) is 3.34. The Hall–Kier alpha value is -1.79. The van der Waals surface area contributed by atoms with Crippen LogP contribution in [0.2, 0.25) is 0 Å². The SMILES string of the molecule is Cc1ccc(C(=O)Nc2ncc(C3CCNCC3)s2)c(F)c1. The Bertz CT molecular complexity index is 680. The van der Waals surface area contributed by atoms with Gasteiger partial charge in [-0.15, -0.1) is 11.3 Å². The van der Waals surface area contributed by atoms with Gasteiger partial charge in [-0.05, 0) is 56.5 Å². The molecular weight excluding hydrogens is 301 g/mol. The molecule has 0 atom stereocenters. The second-order valence-corrected chi connectivity index (χ2v) is 6.59. The standard InChI is InChI=1S/C16H18FN3OS/c1-10-2-3-12(13(17)8-10)15(21)20-16-19-9-14(22-16)11-4-6-18-7-5-11/h2-3,8-9,11,18H,4-7H2,1H3,(H,19,20,21). The van der Waals surface area contributed by atoms with E-state index in [1.165, 1.54) is 28.3 Å². The molecule has 1 saturated heterocycles. The van der Waals surface area contributed by atoms with Crippen LogP contribution in [-0.4, -0.2) is 24.0 Å². The molecule has 0 spiro atoms. The Labute approximate surface area is 132 Å². The molecule has 0 unspecified atom stereocenters. The van der Waals surface area contributed by atoms with Gasteiger partial charge in [0, 0.05) is 11.1 Å². The minimum Gasteiger partial charge on any atom is -0.317 e. The number of nitrogens with one attached hydrogen (secondary N) is 2. The topological polar surface area (TPSA) is 54.0 Å². The van der Waals surface area contributed by atoms with E-state index in [4.69, 9.17) is 0 Å². The van der Waals surface area contributed by atoms with Gasteiger partial charge >= 0.3 is 0 Å². The maximum Gasteiger partial charge on any atom is 0.260 e. The number of thiazole rings is 1. The number of amides is 1. The van der Waals surface area contributed by atoms with Crippen molar-refractivity contribution >= 4 is 22.4 Å². The first kappa shape index (κ1) is 15.1. The number of benzene rings is 1. The van der Waals surface area contributed by atoms with Crippen molar-refractivity contribution in [2.75, 3.05) is 18.4 Å². The third-order valence-corrected chi connectivity index (χ3v) is 4.93. The lowest BCUT2D eigenvalue weighted by atomic mass is 9.97. The first-order chi connectivity index (χ1) is 10.6. The number of piperidine rings is 1. The summed E-state index contributed by atoms with van der Waals surface area (Å²) < 4.78 is 13.8. The number of halogens is 1. The highest BCUT2D eigenvalue weighted by Crippen LogP contribution is 2.31. The smallest absolute Gasteiger partial charge is 0.260 e. The van der Waals surface area contributed by atoms with Crippen molar-refractivity contribution in [1.82, 2.24) is 10.3 Å². The van der Waals surface area contributed by atoms with Crippen LogP contribution in [0.25, 0.3) is 0 Å². The highest BCUT2D eigenvalue weighted by atomic mass is 32.1. The van der Waals surface area contributed by atoms with Gasteiger partial charge in [-0.25, -0.2) is 9.37 Å². The van der Waals surface area contributed by atoms with Crippen molar-refractivity contribution in [2.45, 2.75) is 25.7 Å². The predicted molar refractivity (Wildman–Crippen MR) is 86.0 cm³/mol. The molecule has 22 heavy (non-hydrogen) atoms. The van der Waals surface area contributed by atoms with Crippen molar-refractivity contribution < 1.29 is 9.18 Å². The second-order valence-electron chi connectivity index (χ2n) is 5.53. The first-order valence-corrected chi connectivity index (χ1v) is 8.19. The van der Waals surface area contributed by atoms with Gasteiger partial charge in [-0.1, -0.05) is 6.07 Å². The monoisotopic (exact) mass is 319 g/mol. The van der Waals surface area contributed by atoms with Crippen molar-refractivity contribution in [3.05, 3.63) is 46.2 Å². The van der Waals surface area contributed by atoms with Gasteiger partial charge in [0.05, 0.1) is 5.56 Å². The van der Waals surface area contributed by atoms with Gasteiger partial charge in [0.2, 0.25) is 0 Å². The summed E-state index contributed by atoms with van der Waals surface area (Å²) in [6.45, 7) is 3.81. The minimum absolute atomic E-state index is 0.0456. The van der Waals surface area contributed by atoms with E-state index < -0.39 is 11.7 Å². The Morgan fingerprint density at radius 1 is 1.41 bits per heavy atom. The molecule has 2 heterocycles. The summed E-state index contributed by atoms with van der Waals surface area (Å²) >= 11 is 1.48. The van der Waals surface area contributed by atoms with Crippen LogP contribution in [-0.2, 0) is 0 Å². The average Bonchev–Trinajstić information content (AvgIpc) is 2.96. The highest BCUT2D eigenvalue weighted by Gasteiger charge is 2.19. The van der Waals surface area contributed by atoms with E-state index in [2.05, 4.69) is 15.6 Å². The lowest BCUT2D eigenvalue weighted by Gasteiger charge is -2.20. The van der Waals surface area contributed by atoms with E-state index in [1.54, 1.807) is 13.0 Å². The van der Waals surface area contributed by atoms with Crippen molar-refractivity contribution in [3.63, 3.8) is 0 Å². The van der Waals surface area contributed by atoms with Crippen LogP contribution in [0, 0.1) is 12.7 Å². The van der Waals surface area contributed by atoms with E-state index in [-0.39, 0.29) is 5.56 Å². The number of aryl methyl sites for hydroxylation is 1. The maximum absolute atomic E-state index is 13.8. The zero-order valence-electron chi connectivity index (χ0n) is 12.4. The fourth-order valence-corrected chi connectivity index (χ4v) is 3.59. The van der Waals surface area contributed by atoms with Crippen molar-refractivity contribution in [3.8, 4) is 0 Å². The molecule has 2 N–H and O–H groups in total. The molecule has 0 radical (unpaired) electrons. The van der Waals surface area contributed by atoms with Crippen LogP contribution < -0.4 is 10.6 Å². The molecule has 1 aliphatic heterocycles. The van der Waals surface area contributed by atoms with Gasteiger partial charge < -0.3 is 5.32 Å². The Kier molecular flexibility index (Phi) is 4.49. The highest BCUT2D eigenvalue weighted by molar-refractivity contribution is 7.15. The quantitative estimate of drug-likeness (QED) is 0.912. The van der Waals surface area contributed by atoms with Gasteiger partial charge in [-0.3, -0.25) is 10.1 Å². The van der Waals surface area contributed by atoms with Crippen LogP contribution in [0.4, 0.5) is 9.52 Å². The van der Waals surface area contributed by atoms with Gasteiger partial charge in [0.15, 0.2) is 5.13 Å². The Morgan fingerprint density at radius 2 is 2.18 bits per heavy atom. The lowest BCUT2D eigenvalue weighted by molar-refractivity contribution is 0.102. The molecule has 3 rings (SSSR count). The largest absolute Gasteiger partial charge is 0.317 e. The number of hydrogen-bond acceptors (Lipinski definition) is 4. The molecular formula is C16H18FN3OS. The summed E-state index contributed by atoms with van der Waals surface area (Å²) in [5, 5.41) is 6.55. The Morgan fingerprint density at radius 3 is 2.91 bits per heavy atom. The number of carbonyl (C=O) groups is 1.